The number of nitrogens with one attached hydrogen (secondary N) is 1. The highest BCUT2D eigenvalue weighted by atomic mass is 16.4. The highest BCUT2D eigenvalue weighted by molar-refractivity contribution is 5.72. The Kier molecular flexibility index (Phi) is 2.03. The first-order valence-electron chi connectivity index (χ1n) is 3.05. The molecule has 0 amide bonds. The highest BCUT2D eigenvalue weighted by Gasteiger charge is 1.97. The molecule has 0 rings (SSSR count). The Morgan fingerprint density at radius 3 is 2.11 bits per heavy atom. The van der Waals surface area contributed by atoms with Crippen LogP contribution in [0.1, 0.15) is 0 Å². The van der Waals surface area contributed by atoms with Crippen molar-refractivity contribution in [3.63, 3.8) is 0 Å². The summed E-state index contributed by atoms with van der Waals surface area (Å²) in [6, 6.07) is 0. The maximum absolute atomic E-state index is 10.2. The van der Waals surface area contributed by atoms with Crippen LogP contribution in [-0.2, 0) is 9.59 Å². The molecular weight excluding hydrogens is 126 g/mol. The predicted octanol–water partition coefficient (Wildman–Crippen LogP) is -1.25. The van der Waals surface area contributed by atoms with E-state index in [1.807, 2.05) is 0 Å². The molecule has 0 atom stereocenters. The number of carboxylic acid groups (broad SMARTS) is 2. The molecule has 0 aromatic carbocycles. The molecule has 5 heteroatoms. The van der Waals surface area contributed by atoms with Crippen LogP contribution in [-0.4, -0.2) is 35.2 Å². The van der Waals surface area contributed by atoms with E-state index in [-0.39, 0.29) is 13.1 Å². The van der Waals surface area contributed by atoms with Crippen molar-refractivity contribution in [1.29, 1.82) is 2.86 Å². The van der Waals surface area contributed by atoms with Crippen LogP contribution in [0.4, 0.5) is 0 Å². The average Bonchev–Trinajstić information content (AvgIpc) is 2.04. The fourth-order valence-corrected chi connectivity index (χ4v) is 0.267. The second-order valence-electron chi connectivity index (χ2n) is 1.35. The predicted molar refractivity (Wildman–Crippen MR) is 28.1 cm³/mol. The van der Waals surface area contributed by atoms with Crippen LogP contribution >= 0.6 is 0 Å². The number of hydrogen-bond donors (Lipinski definition) is 3. The molecule has 9 heavy (non-hydrogen) atoms. The second-order valence-corrected chi connectivity index (χ2v) is 1.35. The zero-order valence-corrected chi connectivity index (χ0v) is 4.55. The quantitative estimate of drug-likeness (QED) is 0.448. The maximum atomic E-state index is 10.2. The van der Waals surface area contributed by atoms with Gasteiger partial charge >= 0.3 is 11.9 Å². The van der Waals surface area contributed by atoms with Crippen LogP contribution < -0.4 is 5.32 Å². The Hall–Kier alpha value is -1.10. The van der Waals surface area contributed by atoms with Crippen LogP contribution in [0.2, 0.25) is 0 Å². The van der Waals surface area contributed by atoms with Crippen molar-refractivity contribution in [3.05, 3.63) is 0 Å². The molecule has 0 aliphatic heterocycles. The molecule has 0 fully saturated rings. The van der Waals surface area contributed by atoms with Gasteiger partial charge in [-0.3, -0.25) is 14.9 Å². The molecule has 0 aromatic heterocycles. The van der Waals surface area contributed by atoms with Crippen LogP contribution in [0.25, 0.3) is 2.86 Å². The number of aliphatic carboxylic acids is 2. The minimum absolute atomic E-state index is 0.251. The summed E-state index contributed by atoms with van der Waals surface area (Å²) in [5, 5.41) is 9.33. The number of rotatable bonds is 4. The normalized spacial score (nSPS) is 11.1. The van der Waals surface area contributed by atoms with Crippen molar-refractivity contribution in [2.45, 2.75) is 0 Å². The monoisotopic (exact) mass is 135 g/mol. The van der Waals surface area contributed by atoms with E-state index in [1.54, 1.807) is 0 Å². The Morgan fingerprint density at radius 2 is 1.78 bits per heavy atom. The molecule has 5 nitrogen and oxygen atoms in total. The van der Waals surface area contributed by atoms with E-state index in [9.17, 15) is 9.59 Å². The van der Waals surface area contributed by atoms with Crippen molar-refractivity contribution >= 4 is 11.9 Å². The average molecular weight is 135 g/mol. The summed E-state index contributed by atoms with van der Waals surface area (Å²) in [5.41, 5.74) is 0. The molecule has 0 saturated carbocycles. The van der Waals surface area contributed by atoms with Crippen molar-refractivity contribution in [1.82, 2.24) is 5.32 Å². The van der Waals surface area contributed by atoms with Gasteiger partial charge in [-0.1, -0.05) is 0 Å². The Balaban J connectivity index is 3.27. The maximum Gasteiger partial charge on any atom is 0.317 e. The summed E-state index contributed by atoms with van der Waals surface area (Å²) in [6.07, 6.45) is 0. The van der Waals surface area contributed by atoms with Crippen LogP contribution in [0.5, 0.6) is 0 Å². The topological polar surface area (TPSA) is 86.6 Å². The van der Waals surface area contributed by atoms with E-state index in [2.05, 4.69) is 15.5 Å². The van der Waals surface area contributed by atoms with Gasteiger partial charge in [0.2, 0.25) is 0 Å². The van der Waals surface area contributed by atoms with E-state index in [4.69, 9.17) is 2.86 Å². The van der Waals surface area contributed by atoms with Gasteiger partial charge in [0, 0.05) is 0 Å². The first-order valence-corrected chi connectivity index (χ1v) is 2.23. The van der Waals surface area contributed by atoms with Crippen molar-refractivity contribution in [3.8, 4) is 0 Å². The molecule has 0 spiro atoms. The molecule has 0 radical (unpaired) electrons. The molecule has 3 N–H and O–H groups in total. The third-order valence-electron chi connectivity index (χ3n) is 0.539. The van der Waals surface area contributed by atoms with Crippen molar-refractivity contribution < 1.29 is 19.8 Å². The van der Waals surface area contributed by atoms with E-state index < -0.39 is 11.9 Å². The first kappa shape index (κ1) is 4.75. The van der Waals surface area contributed by atoms with Gasteiger partial charge < -0.3 is 10.2 Å². The van der Waals surface area contributed by atoms with Gasteiger partial charge in [0.15, 0.2) is 0 Å². The fourth-order valence-electron chi connectivity index (χ4n) is 0.267. The fraction of sp³-hybridized carbons (Fsp3) is 0.500. The van der Waals surface area contributed by atoms with E-state index >= 15 is 0 Å². The highest BCUT2D eigenvalue weighted by Crippen LogP contribution is 1.61. The molecule has 0 bridgehead atoms. The summed E-state index contributed by atoms with van der Waals surface area (Å²) in [5.74, 6) is -1.61. The van der Waals surface area contributed by atoms with Gasteiger partial charge in [-0.25, -0.2) is 0 Å². The van der Waals surface area contributed by atoms with Crippen LogP contribution in [0.15, 0.2) is 0 Å². The standard InChI is InChI=1S/C4H7NO4/c6-3(7)1-5-2-4(8)9/h5H,1-2H2,(H,6,7)(H,8,9)/i/hD2. The summed E-state index contributed by atoms with van der Waals surface area (Å²) < 4.78 is 12.2. The smallest absolute Gasteiger partial charge is 0.317 e. The molecule has 0 aliphatic carbocycles. The summed E-state index contributed by atoms with van der Waals surface area (Å²) in [7, 11) is 0. The molecule has 0 aliphatic rings. The van der Waals surface area contributed by atoms with Crippen LogP contribution in [0.3, 0.4) is 0 Å². The second kappa shape index (κ2) is 3.85. The van der Waals surface area contributed by atoms with Gasteiger partial charge in [-0.05, 0) is 0 Å². The van der Waals surface area contributed by atoms with Crippen molar-refractivity contribution in [2.24, 2.45) is 0 Å². The summed E-state index contributed by atoms with van der Waals surface area (Å²) in [6.45, 7) is -0.503. The zero-order chi connectivity index (χ0) is 8.69. The zero-order valence-electron chi connectivity index (χ0n) is 6.55. The lowest BCUT2D eigenvalue weighted by molar-refractivity contribution is -0.137. The molecule has 0 aromatic rings. The van der Waals surface area contributed by atoms with Gasteiger partial charge in [-0.15, -0.1) is 0 Å². The van der Waals surface area contributed by atoms with E-state index in [0.717, 1.165) is 0 Å². The van der Waals surface area contributed by atoms with Crippen molar-refractivity contribution in [2.75, 3.05) is 13.1 Å². The summed E-state index contributed by atoms with van der Waals surface area (Å²) >= 11 is 0. The van der Waals surface area contributed by atoms with Gasteiger partial charge in [0.25, 0.3) is 2.86 Å². The molecule has 52 valence electrons. The Morgan fingerprint density at radius 1 is 1.33 bits per heavy atom. The lowest BCUT2D eigenvalue weighted by atomic mass is 10.6. The van der Waals surface area contributed by atoms with Gasteiger partial charge in [-0.2, -0.15) is 0 Å². The number of carbonyl (C=O) groups is 2. The number of hydrogen-bond acceptors (Lipinski definition) is 5. The third-order valence-corrected chi connectivity index (χ3v) is 0.539. The lowest BCUT2D eigenvalue weighted by Crippen LogP contribution is -2.27. The Labute approximate surface area is 54.3 Å². The van der Waals surface area contributed by atoms with Gasteiger partial charge in [0.1, 0.15) is 0 Å². The van der Waals surface area contributed by atoms with Gasteiger partial charge in [0.05, 0.1) is 13.1 Å². The summed E-state index contributed by atoms with van der Waals surface area (Å²) in [4.78, 5) is 20.4. The third kappa shape index (κ3) is 6.90. The molecule has 0 saturated heterocycles. The number of carboxylic acids is 2. The minimum Gasteiger partial charge on any atom is -0.480 e. The minimum atomic E-state index is -0.803. The SMILES string of the molecule is [2H]OC(=O)CNCC(=O)O[2H]. The van der Waals surface area contributed by atoms with Crippen LogP contribution in [0, 0.1) is 0 Å². The largest absolute Gasteiger partial charge is 0.480 e. The van der Waals surface area contributed by atoms with E-state index in [0.29, 0.717) is 0 Å². The lowest BCUT2D eigenvalue weighted by Gasteiger charge is -1.93. The first-order chi connectivity index (χ1) is 5.20. The molecule has 0 heterocycles. The van der Waals surface area contributed by atoms with E-state index in [1.165, 1.54) is 0 Å². The molecular formula is C4H7NO4. The Bertz CT molecular complexity index is 135. The molecule has 0 unspecified atom stereocenters.